The Kier molecular flexibility index (Phi) is 3.82. The minimum absolute atomic E-state index is 0.471. The maximum atomic E-state index is 5.96. The molecule has 0 aliphatic rings. The third-order valence-electron chi connectivity index (χ3n) is 3.03. The van der Waals surface area contributed by atoms with Crippen LogP contribution in [0.3, 0.4) is 0 Å². The van der Waals surface area contributed by atoms with Crippen molar-refractivity contribution in [1.82, 2.24) is 15.2 Å². The second kappa shape index (κ2) is 5.20. The summed E-state index contributed by atoms with van der Waals surface area (Å²) < 4.78 is 0. The van der Waals surface area contributed by atoms with Gasteiger partial charge in [0.25, 0.3) is 0 Å². The first kappa shape index (κ1) is 13.2. The summed E-state index contributed by atoms with van der Waals surface area (Å²) in [7, 11) is 2.00. The molecular formula is C12H15ClN4S. The summed E-state index contributed by atoms with van der Waals surface area (Å²) >= 11 is 7.62. The van der Waals surface area contributed by atoms with E-state index in [4.69, 9.17) is 11.6 Å². The summed E-state index contributed by atoms with van der Waals surface area (Å²) in [6.07, 6.45) is 0. The molecular weight excluding hydrogens is 268 g/mol. The van der Waals surface area contributed by atoms with Crippen LogP contribution in [-0.4, -0.2) is 22.2 Å². The van der Waals surface area contributed by atoms with Crippen LogP contribution < -0.4 is 4.90 Å². The van der Waals surface area contributed by atoms with E-state index in [0.29, 0.717) is 5.15 Å². The molecule has 4 nitrogen and oxygen atoms in total. The number of thiazole rings is 1. The van der Waals surface area contributed by atoms with E-state index >= 15 is 0 Å². The van der Waals surface area contributed by atoms with Crippen LogP contribution in [0.2, 0.25) is 5.15 Å². The molecule has 0 N–H and O–H groups in total. The summed E-state index contributed by atoms with van der Waals surface area (Å²) in [5.41, 5.74) is 4.99. The molecule has 0 fully saturated rings. The van der Waals surface area contributed by atoms with E-state index in [0.717, 1.165) is 29.2 Å². The largest absolute Gasteiger partial charge is 0.353 e. The number of hydrogen-bond donors (Lipinski definition) is 0. The van der Waals surface area contributed by atoms with Gasteiger partial charge >= 0.3 is 0 Å². The second-order valence-electron chi connectivity index (χ2n) is 4.28. The van der Waals surface area contributed by atoms with E-state index < -0.39 is 0 Å². The van der Waals surface area contributed by atoms with Crippen LogP contribution in [0.15, 0.2) is 5.51 Å². The van der Waals surface area contributed by atoms with E-state index in [2.05, 4.69) is 20.1 Å². The highest BCUT2D eigenvalue weighted by Crippen LogP contribution is 2.25. The zero-order chi connectivity index (χ0) is 13.3. The summed E-state index contributed by atoms with van der Waals surface area (Å²) in [4.78, 5) is 7.57. The molecule has 0 atom stereocenters. The fourth-order valence-corrected chi connectivity index (χ4v) is 2.70. The van der Waals surface area contributed by atoms with Crippen molar-refractivity contribution in [2.75, 3.05) is 11.9 Å². The Labute approximate surface area is 116 Å². The van der Waals surface area contributed by atoms with E-state index in [1.54, 1.807) is 11.3 Å². The molecule has 0 amide bonds. The zero-order valence-corrected chi connectivity index (χ0v) is 12.4. The Morgan fingerprint density at radius 1 is 1.22 bits per heavy atom. The van der Waals surface area contributed by atoms with Gasteiger partial charge in [-0.3, -0.25) is 0 Å². The van der Waals surface area contributed by atoms with Crippen molar-refractivity contribution in [2.24, 2.45) is 0 Å². The first-order valence-electron chi connectivity index (χ1n) is 5.60. The van der Waals surface area contributed by atoms with Gasteiger partial charge in [0.2, 0.25) is 0 Å². The first-order chi connectivity index (χ1) is 8.50. The van der Waals surface area contributed by atoms with Crippen molar-refractivity contribution in [3.8, 4) is 0 Å². The second-order valence-corrected chi connectivity index (χ2v) is 5.58. The van der Waals surface area contributed by atoms with Gasteiger partial charge in [0.1, 0.15) is 0 Å². The number of hydrogen-bond acceptors (Lipinski definition) is 5. The molecule has 0 spiro atoms. The minimum atomic E-state index is 0.471. The van der Waals surface area contributed by atoms with Crippen LogP contribution >= 0.6 is 22.9 Å². The molecule has 0 aromatic carbocycles. The maximum Gasteiger partial charge on any atom is 0.155 e. The molecule has 0 unspecified atom stereocenters. The summed E-state index contributed by atoms with van der Waals surface area (Å²) in [6, 6.07) is 0. The molecule has 0 radical (unpaired) electrons. The van der Waals surface area contributed by atoms with Gasteiger partial charge < -0.3 is 4.90 Å². The molecule has 6 heteroatoms. The lowest BCUT2D eigenvalue weighted by atomic mass is 10.2. The smallest absolute Gasteiger partial charge is 0.155 e. The third kappa shape index (κ3) is 2.47. The van der Waals surface area contributed by atoms with Crippen molar-refractivity contribution in [3.05, 3.63) is 32.4 Å². The Bertz CT molecular complexity index is 567. The number of aryl methyl sites for hydroxylation is 1. The van der Waals surface area contributed by atoms with Gasteiger partial charge in [0.05, 0.1) is 17.7 Å². The van der Waals surface area contributed by atoms with Gasteiger partial charge in [0.15, 0.2) is 11.0 Å². The molecule has 0 bridgehead atoms. The number of anilines is 1. The van der Waals surface area contributed by atoms with E-state index in [1.165, 1.54) is 4.88 Å². The SMILES string of the molecule is Cc1ncsc1CN(C)c1nnc(Cl)c(C)c1C. The molecule has 0 saturated carbocycles. The van der Waals surface area contributed by atoms with Crippen LogP contribution in [0.1, 0.15) is 21.7 Å². The summed E-state index contributed by atoms with van der Waals surface area (Å²) in [5.74, 6) is 0.865. The molecule has 2 aromatic heterocycles. The topological polar surface area (TPSA) is 41.9 Å². The molecule has 0 aliphatic carbocycles. The molecule has 2 heterocycles. The van der Waals surface area contributed by atoms with E-state index in [-0.39, 0.29) is 0 Å². The monoisotopic (exact) mass is 282 g/mol. The van der Waals surface area contributed by atoms with E-state index in [9.17, 15) is 0 Å². The number of halogens is 1. The van der Waals surface area contributed by atoms with Gasteiger partial charge in [-0.1, -0.05) is 11.6 Å². The number of aromatic nitrogens is 3. The molecule has 2 aromatic rings. The minimum Gasteiger partial charge on any atom is -0.353 e. The van der Waals surface area contributed by atoms with Crippen molar-refractivity contribution in [2.45, 2.75) is 27.3 Å². The van der Waals surface area contributed by atoms with Crippen molar-refractivity contribution >= 4 is 28.8 Å². The van der Waals surface area contributed by atoms with Crippen LogP contribution in [0.4, 0.5) is 5.82 Å². The molecule has 96 valence electrons. The van der Waals surface area contributed by atoms with Gasteiger partial charge in [0, 0.05) is 11.9 Å². The van der Waals surface area contributed by atoms with Gasteiger partial charge in [-0.25, -0.2) is 4.98 Å². The lowest BCUT2D eigenvalue weighted by molar-refractivity contribution is 0.855. The van der Waals surface area contributed by atoms with Crippen LogP contribution in [0, 0.1) is 20.8 Å². The van der Waals surface area contributed by atoms with Crippen LogP contribution in [0.25, 0.3) is 0 Å². The van der Waals surface area contributed by atoms with Crippen molar-refractivity contribution < 1.29 is 0 Å². The fraction of sp³-hybridized carbons (Fsp3) is 0.417. The van der Waals surface area contributed by atoms with Crippen molar-refractivity contribution in [3.63, 3.8) is 0 Å². The van der Waals surface area contributed by atoms with Gasteiger partial charge in [-0.05, 0) is 31.9 Å². The van der Waals surface area contributed by atoms with Crippen molar-refractivity contribution in [1.29, 1.82) is 0 Å². The van der Waals surface area contributed by atoms with Crippen LogP contribution in [0.5, 0.6) is 0 Å². The summed E-state index contributed by atoms with van der Waals surface area (Å²) in [6.45, 7) is 6.78. The Balaban J connectivity index is 2.27. The van der Waals surface area contributed by atoms with E-state index in [1.807, 2.05) is 33.3 Å². The molecule has 0 aliphatic heterocycles. The Hall–Kier alpha value is -1.20. The molecule has 2 rings (SSSR count). The maximum absolute atomic E-state index is 5.96. The average molecular weight is 283 g/mol. The molecule has 0 saturated heterocycles. The highest BCUT2D eigenvalue weighted by atomic mass is 35.5. The summed E-state index contributed by atoms with van der Waals surface area (Å²) in [5, 5.41) is 8.62. The number of nitrogens with zero attached hydrogens (tertiary/aromatic N) is 4. The highest BCUT2D eigenvalue weighted by molar-refractivity contribution is 7.09. The lowest BCUT2D eigenvalue weighted by Crippen LogP contribution is -2.19. The van der Waals surface area contributed by atoms with Gasteiger partial charge in [-0.2, -0.15) is 0 Å². The Morgan fingerprint density at radius 2 is 1.94 bits per heavy atom. The highest BCUT2D eigenvalue weighted by Gasteiger charge is 2.13. The predicted molar refractivity (Wildman–Crippen MR) is 75.5 cm³/mol. The third-order valence-corrected chi connectivity index (χ3v) is 4.31. The number of rotatable bonds is 3. The standard InChI is InChI=1S/C12H15ClN4S/c1-7-8(2)12(16-15-11(7)13)17(4)5-10-9(3)14-6-18-10/h6H,5H2,1-4H3. The molecule has 18 heavy (non-hydrogen) atoms. The average Bonchev–Trinajstić information content (AvgIpc) is 2.72. The lowest BCUT2D eigenvalue weighted by Gasteiger charge is -2.20. The fourth-order valence-electron chi connectivity index (χ4n) is 1.69. The normalized spacial score (nSPS) is 10.7. The Morgan fingerprint density at radius 3 is 2.56 bits per heavy atom. The van der Waals surface area contributed by atoms with Gasteiger partial charge in [-0.15, -0.1) is 21.5 Å². The zero-order valence-electron chi connectivity index (χ0n) is 10.9. The predicted octanol–water partition coefficient (Wildman–Crippen LogP) is 3.15. The quantitative estimate of drug-likeness (QED) is 0.867. The first-order valence-corrected chi connectivity index (χ1v) is 6.86. The van der Waals surface area contributed by atoms with Crippen LogP contribution in [-0.2, 0) is 6.54 Å².